The summed E-state index contributed by atoms with van der Waals surface area (Å²) in [5, 5.41) is 9.58. The second kappa shape index (κ2) is 11.7. The summed E-state index contributed by atoms with van der Waals surface area (Å²) < 4.78 is 0. The monoisotopic (exact) mass is 479 g/mol. The first kappa shape index (κ1) is 22.1. The van der Waals surface area contributed by atoms with E-state index in [1.165, 1.54) is 0 Å². The zero-order valence-corrected chi connectivity index (χ0v) is 18.5. The lowest BCUT2D eigenvalue weighted by molar-refractivity contribution is -0.129. The van der Waals surface area contributed by atoms with Crippen molar-refractivity contribution in [2.75, 3.05) is 26.2 Å². The highest BCUT2D eigenvalue weighted by Crippen LogP contribution is 2.18. The molecule has 1 saturated heterocycles. The van der Waals surface area contributed by atoms with E-state index in [2.05, 4.69) is 39.8 Å². The van der Waals surface area contributed by atoms with E-state index in [1.807, 2.05) is 11.8 Å². The molecule has 2 rings (SSSR count). The molecule has 2 N–H and O–H groups in total. The minimum Gasteiger partial charge on any atom is -0.357 e. The lowest BCUT2D eigenvalue weighted by atomic mass is 10.2. The first-order valence-electron chi connectivity index (χ1n) is 8.84. The van der Waals surface area contributed by atoms with Crippen molar-refractivity contribution in [3.8, 4) is 0 Å². The highest BCUT2D eigenvalue weighted by Gasteiger charge is 2.17. The third-order valence-electron chi connectivity index (χ3n) is 3.97. The average molecular weight is 479 g/mol. The van der Waals surface area contributed by atoms with Crippen molar-refractivity contribution in [3.63, 3.8) is 0 Å². The number of halogens is 1. The van der Waals surface area contributed by atoms with Crippen molar-refractivity contribution >= 4 is 47.2 Å². The van der Waals surface area contributed by atoms with Crippen LogP contribution in [0, 0.1) is 0 Å². The van der Waals surface area contributed by atoms with Gasteiger partial charge in [-0.25, -0.2) is 9.98 Å². The number of aliphatic imine (C=N–C) groups is 1. The summed E-state index contributed by atoms with van der Waals surface area (Å²) in [6, 6.07) is 0. The molecule has 0 aliphatic carbocycles. The molecule has 1 aliphatic rings. The van der Waals surface area contributed by atoms with Crippen LogP contribution in [0.2, 0.25) is 0 Å². The van der Waals surface area contributed by atoms with Gasteiger partial charge in [0.15, 0.2) is 5.96 Å². The van der Waals surface area contributed by atoms with E-state index in [4.69, 9.17) is 0 Å². The largest absolute Gasteiger partial charge is 0.357 e. The number of hydrogen-bond donors (Lipinski definition) is 2. The average Bonchev–Trinajstić information content (AvgIpc) is 3.24. The highest BCUT2D eigenvalue weighted by atomic mass is 127. The fraction of sp³-hybridized carbons (Fsp3) is 0.706. The number of amides is 1. The summed E-state index contributed by atoms with van der Waals surface area (Å²) in [6.07, 6.45) is 2.78. The van der Waals surface area contributed by atoms with Crippen LogP contribution in [0.4, 0.5) is 0 Å². The molecule has 1 aromatic rings. The predicted octanol–water partition coefficient (Wildman–Crippen LogP) is 2.95. The van der Waals surface area contributed by atoms with Crippen LogP contribution in [0.3, 0.4) is 0 Å². The van der Waals surface area contributed by atoms with Gasteiger partial charge < -0.3 is 15.5 Å². The summed E-state index contributed by atoms with van der Waals surface area (Å²) in [5.74, 6) is 1.42. The van der Waals surface area contributed by atoms with Crippen molar-refractivity contribution in [1.82, 2.24) is 20.5 Å². The second-order valence-corrected chi connectivity index (χ2v) is 7.22. The number of aromatic nitrogens is 1. The molecule has 0 saturated carbocycles. The van der Waals surface area contributed by atoms with Gasteiger partial charge in [-0.2, -0.15) is 0 Å². The second-order valence-electron chi connectivity index (χ2n) is 6.28. The fourth-order valence-electron chi connectivity index (χ4n) is 2.56. The summed E-state index contributed by atoms with van der Waals surface area (Å²) >= 11 is 1.65. The third kappa shape index (κ3) is 7.47. The predicted molar refractivity (Wildman–Crippen MR) is 115 cm³/mol. The SMILES string of the molecule is CCNC(=NCc1nc(C(C)C)cs1)NCCC(=O)N1CCCC1.I. The molecular weight excluding hydrogens is 449 g/mol. The van der Waals surface area contributed by atoms with Gasteiger partial charge in [0.05, 0.1) is 12.2 Å². The zero-order valence-electron chi connectivity index (χ0n) is 15.4. The number of hydrogen-bond acceptors (Lipinski definition) is 4. The number of guanidine groups is 1. The van der Waals surface area contributed by atoms with E-state index in [0.29, 0.717) is 25.4 Å². The first-order valence-corrected chi connectivity index (χ1v) is 9.72. The number of carbonyl (C=O) groups is 1. The summed E-state index contributed by atoms with van der Waals surface area (Å²) in [4.78, 5) is 23.2. The molecule has 8 heteroatoms. The first-order chi connectivity index (χ1) is 11.6. The van der Waals surface area contributed by atoms with Gasteiger partial charge in [-0.05, 0) is 25.7 Å². The lowest BCUT2D eigenvalue weighted by Crippen LogP contribution is -2.39. The maximum Gasteiger partial charge on any atom is 0.224 e. The normalized spacial score (nSPS) is 14.6. The number of rotatable bonds is 7. The minimum absolute atomic E-state index is 0. The van der Waals surface area contributed by atoms with Crippen molar-refractivity contribution in [1.29, 1.82) is 0 Å². The van der Waals surface area contributed by atoms with E-state index >= 15 is 0 Å². The summed E-state index contributed by atoms with van der Waals surface area (Å²) in [5.41, 5.74) is 1.12. The highest BCUT2D eigenvalue weighted by molar-refractivity contribution is 14.0. The minimum atomic E-state index is 0. The smallest absolute Gasteiger partial charge is 0.224 e. The van der Waals surface area contributed by atoms with E-state index in [9.17, 15) is 4.79 Å². The molecule has 0 bridgehead atoms. The Balaban J connectivity index is 0.00000312. The lowest BCUT2D eigenvalue weighted by Gasteiger charge is -2.16. The van der Waals surface area contributed by atoms with Gasteiger partial charge in [0.2, 0.25) is 5.91 Å². The van der Waals surface area contributed by atoms with Crippen molar-refractivity contribution in [3.05, 3.63) is 16.1 Å². The number of nitrogens with zero attached hydrogens (tertiary/aromatic N) is 3. The Hall–Kier alpha value is -0.900. The molecule has 0 spiro atoms. The molecule has 0 radical (unpaired) electrons. The quantitative estimate of drug-likeness (QED) is 0.359. The maximum atomic E-state index is 12.0. The van der Waals surface area contributed by atoms with Crippen LogP contribution in [0.15, 0.2) is 10.4 Å². The van der Waals surface area contributed by atoms with Crippen LogP contribution in [-0.2, 0) is 11.3 Å². The van der Waals surface area contributed by atoms with Gasteiger partial charge in [0.25, 0.3) is 0 Å². The Kier molecular flexibility index (Phi) is 10.3. The number of thiazole rings is 1. The molecule has 1 fully saturated rings. The van der Waals surface area contributed by atoms with Crippen LogP contribution in [0.25, 0.3) is 0 Å². The molecule has 1 amide bonds. The van der Waals surface area contributed by atoms with Gasteiger partial charge in [-0.1, -0.05) is 13.8 Å². The van der Waals surface area contributed by atoms with Crippen molar-refractivity contribution in [2.45, 2.75) is 52.5 Å². The molecule has 142 valence electrons. The standard InChI is InChI=1S/C17H29N5OS.HI/c1-4-18-17(19-8-7-16(23)22-9-5-6-10-22)20-11-15-21-14(12-24-15)13(2)3;/h12-13H,4-11H2,1-3H3,(H2,18,19,20);1H. The molecular formula is C17H30IN5OS. The van der Waals surface area contributed by atoms with Crippen LogP contribution >= 0.6 is 35.3 Å². The van der Waals surface area contributed by atoms with Crippen LogP contribution in [0.1, 0.15) is 56.7 Å². The third-order valence-corrected chi connectivity index (χ3v) is 4.82. The van der Waals surface area contributed by atoms with Gasteiger partial charge in [0, 0.05) is 38.0 Å². The Morgan fingerprint density at radius 3 is 2.68 bits per heavy atom. The molecule has 1 aromatic heterocycles. The van der Waals surface area contributed by atoms with Crippen molar-refractivity contribution in [2.24, 2.45) is 4.99 Å². The molecule has 0 aromatic carbocycles. The van der Waals surface area contributed by atoms with E-state index in [-0.39, 0.29) is 29.9 Å². The number of likely N-dealkylation sites (tertiary alicyclic amines) is 1. The van der Waals surface area contributed by atoms with E-state index < -0.39 is 0 Å². The van der Waals surface area contributed by atoms with Gasteiger partial charge >= 0.3 is 0 Å². The van der Waals surface area contributed by atoms with Gasteiger partial charge in [-0.3, -0.25) is 4.79 Å². The zero-order chi connectivity index (χ0) is 17.4. The molecule has 1 aliphatic heterocycles. The molecule has 2 heterocycles. The van der Waals surface area contributed by atoms with Gasteiger partial charge in [-0.15, -0.1) is 35.3 Å². The molecule has 0 atom stereocenters. The Morgan fingerprint density at radius 1 is 1.36 bits per heavy atom. The van der Waals surface area contributed by atoms with Crippen LogP contribution in [0.5, 0.6) is 0 Å². The van der Waals surface area contributed by atoms with Crippen molar-refractivity contribution < 1.29 is 4.79 Å². The Labute approximate surface area is 171 Å². The Bertz CT molecular complexity index is 555. The van der Waals surface area contributed by atoms with E-state index in [0.717, 1.165) is 49.1 Å². The summed E-state index contributed by atoms with van der Waals surface area (Å²) in [7, 11) is 0. The number of carbonyl (C=O) groups excluding carboxylic acids is 1. The topological polar surface area (TPSA) is 69.6 Å². The van der Waals surface area contributed by atoms with E-state index in [1.54, 1.807) is 11.3 Å². The molecule has 0 unspecified atom stereocenters. The van der Waals surface area contributed by atoms with Crippen LogP contribution in [-0.4, -0.2) is 47.9 Å². The fourth-order valence-corrected chi connectivity index (χ4v) is 3.44. The molecule has 6 nitrogen and oxygen atoms in total. The van der Waals surface area contributed by atoms with Crippen LogP contribution < -0.4 is 10.6 Å². The van der Waals surface area contributed by atoms with Gasteiger partial charge in [0.1, 0.15) is 5.01 Å². The summed E-state index contributed by atoms with van der Waals surface area (Å²) in [6.45, 7) is 10.1. The molecule has 25 heavy (non-hydrogen) atoms. The number of nitrogens with one attached hydrogen (secondary N) is 2. The Morgan fingerprint density at radius 2 is 2.08 bits per heavy atom. The maximum absolute atomic E-state index is 12.0.